The summed E-state index contributed by atoms with van der Waals surface area (Å²) in [6, 6.07) is 8.50. The molecule has 0 spiro atoms. The second-order valence-corrected chi connectivity index (χ2v) is 6.69. The average molecular weight is 351 g/mol. The Morgan fingerprint density at radius 1 is 1.12 bits per heavy atom. The van der Waals surface area contributed by atoms with E-state index in [9.17, 15) is 0 Å². The molecule has 0 amide bonds. The van der Waals surface area contributed by atoms with E-state index in [1.807, 2.05) is 6.92 Å². The lowest BCUT2D eigenvalue weighted by Crippen LogP contribution is -2.07. The van der Waals surface area contributed by atoms with Gasteiger partial charge < -0.3 is 9.84 Å². The van der Waals surface area contributed by atoms with Crippen molar-refractivity contribution in [1.82, 2.24) is 20.1 Å². The van der Waals surface area contributed by atoms with E-state index in [-0.39, 0.29) is 0 Å². The number of anilines is 1. The molecule has 0 atom stereocenters. The number of thiophene rings is 1. The predicted molar refractivity (Wildman–Crippen MR) is 98.8 cm³/mol. The van der Waals surface area contributed by atoms with Crippen molar-refractivity contribution in [3.05, 3.63) is 53.3 Å². The molecule has 0 bridgehead atoms. The van der Waals surface area contributed by atoms with Gasteiger partial charge in [-0.3, -0.25) is 0 Å². The minimum Gasteiger partial charge on any atom is -0.369 e. The third-order valence-electron chi connectivity index (χ3n) is 3.93. The van der Waals surface area contributed by atoms with E-state index in [1.165, 1.54) is 11.1 Å². The Morgan fingerprint density at radius 3 is 2.72 bits per heavy atom. The van der Waals surface area contributed by atoms with Gasteiger partial charge in [-0.25, -0.2) is 9.97 Å². The van der Waals surface area contributed by atoms with Crippen LogP contribution in [0.3, 0.4) is 0 Å². The molecule has 0 aliphatic carbocycles. The second-order valence-electron chi connectivity index (χ2n) is 5.83. The zero-order chi connectivity index (χ0) is 17.2. The largest absolute Gasteiger partial charge is 0.369 e. The van der Waals surface area contributed by atoms with Gasteiger partial charge in [-0.05, 0) is 19.4 Å². The lowest BCUT2D eigenvalue weighted by molar-refractivity contribution is 0.377. The van der Waals surface area contributed by atoms with Crippen molar-refractivity contribution < 1.29 is 4.52 Å². The van der Waals surface area contributed by atoms with E-state index in [0.29, 0.717) is 24.7 Å². The van der Waals surface area contributed by atoms with Crippen molar-refractivity contribution >= 4 is 27.4 Å². The van der Waals surface area contributed by atoms with Crippen molar-refractivity contribution in [3.63, 3.8) is 0 Å². The van der Waals surface area contributed by atoms with Crippen LogP contribution in [0.2, 0.25) is 0 Å². The van der Waals surface area contributed by atoms with Crippen molar-refractivity contribution in [2.24, 2.45) is 0 Å². The van der Waals surface area contributed by atoms with Gasteiger partial charge in [0.05, 0.1) is 5.39 Å². The topological polar surface area (TPSA) is 76.7 Å². The molecule has 25 heavy (non-hydrogen) atoms. The molecule has 4 rings (SSSR count). The van der Waals surface area contributed by atoms with E-state index in [4.69, 9.17) is 4.52 Å². The molecule has 7 heteroatoms. The van der Waals surface area contributed by atoms with Crippen LogP contribution >= 0.6 is 11.3 Å². The highest BCUT2D eigenvalue weighted by molar-refractivity contribution is 7.17. The standard InChI is InChI=1S/C18H17N5OS/c1-11-3-5-13(6-4-11)14-9-25-18-16(14)17(20-10-21-18)19-8-7-15-22-12(2)23-24-15/h3-6,9-10H,7-8H2,1-2H3,(H,19,20,21). The Bertz CT molecular complexity index is 1010. The lowest BCUT2D eigenvalue weighted by Gasteiger charge is -2.07. The quantitative estimate of drug-likeness (QED) is 0.585. The van der Waals surface area contributed by atoms with Crippen LogP contribution in [-0.4, -0.2) is 26.7 Å². The first-order valence-corrected chi connectivity index (χ1v) is 8.91. The van der Waals surface area contributed by atoms with Gasteiger partial charge in [0.15, 0.2) is 5.82 Å². The number of nitrogens with zero attached hydrogens (tertiary/aromatic N) is 4. The molecule has 0 saturated heterocycles. The second kappa shape index (κ2) is 6.60. The molecule has 4 aromatic rings. The molecule has 6 nitrogen and oxygen atoms in total. The number of aromatic nitrogens is 4. The fourth-order valence-electron chi connectivity index (χ4n) is 2.68. The zero-order valence-corrected chi connectivity index (χ0v) is 14.8. The van der Waals surface area contributed by atoms with E-state index >= 15 is 0 Å². The number of nitrogens with one attached hydrogen (secondary N) is 1. The lowest BCUT2D eigenvalue weighted by atomic mass is 10.0. The summed E-state index contributed by atoms with van der Waals surface area (Å²) in [5, 5.41) is 10.4. The van der Waals surface area contributed by atoms with Crippen LogP contribution in [0.1, 0.15) is 17.3 Å². The van der Waals surface area contributed by atoms with E-state index < -0.39 is 0 Å². The molecule has 0 unspecified atom stereocenters. The Hall–Kier alpha value is -2.80. The number of benzene rings is 1. The van der Waals surface area contributed by atoms with Gasteiger partial charge in [0.25, 0.3) is 0 Å². The van der Waals surface area contributed by atoms with Gasteiger partial charge in [-0.1, -0.05) is 35.0 Å². The molecule has 3 heterocycles. The highest BCUT2D eigenvalue weighted by Crippen LogP contribution is 2.36. The van der Waals surface area contributed by atoms with E-state index in [0.717, 1.165) is 21.6 Å². The van der Waals surface area contributed by atoms with Crippen molar-refractivity contribution in [2.45, 2.75) is 20.3 Å². The van der Waals surface area contributed by atoms with Gasteiger partial charge >= 0.3 is 0 Å². The Balaban J connectivity index is 1.62. The molecule has 1 N–H and O–H groups in total. The normalized spacial score (nSPS) is 11.1. The maximum Gasteiger partial charge on any atom is 0.228 e. The zero-order valence-electron chi connectivity index (χ0n) is 14.0. The molecule has 0 aliphatic heterocycles. The molecular formula is C18H17N5OS. The molecular weight excluding hydrogens is 334 g/mol. The smallest absolute Gasteiger partial charge is 0.228 e. The van der Waals surface area contributed by atoms with Crippen LogP contribution in [0, 0.1) is 13.8 Å². The average Bonchev–Trinajstić information content (AvgIpc) is 3.22. The van der Waals surface area contributed by atoms with Crippen LogP contribution in [0.5, 0.6) is 0 Å². The Kier molecular flexibility index (Phi) is 4.15. The number of aryl methyl sites for hydroxylation is 2. The van der Waals surface area contributed by atoms with Crippen molar-refractivity contribution in [3.8, 4) is 11.1 Å². The summed E-state index contributed by atoms with van der Waals surface area (Å²) in [6.07, 6.45) is 2.24. The molecule has 0 radical (unpaired) electrons. The monoisotopic (exact) mass is 351 g/mol. The SMILES string of the molecule is Cc1ccc(-c2csc3ncnc(NCCc4nc(C)no4)c23)cc1. The van der Waals surface area contributed by atoms with Gasteiger partial charge in [0, 0.05) is 23.9 Å². The summed E-state index contributed by atoms with van der Waals surface area (Å²) in [6.45, 7) is 4.56. The maximum atomic E-state index is 5.15. The minimum atomic E-state index is 0.624. The number of fused-ring (bicyclic) bond motifs is 1. The van der Waals surface area contributed by atoms with Gasteiger partial charge in [-0.2, -0.15) is 4.98 Å². The Morgan fingerprint density at radius 2 is 1.96 bits per heavy atom. The molecule has 0 aliphatic rings. The highest BCUT2D eigenvalue weighted by atomic mass is 32.1. The van der Waals surface area contributed by atoms with Gasteiger partial charge in [-0.15, -0.1) is 11.3 Å². The summed E-state index contributed by atoms with van der Waals surface area (Å²) in [4.78, 5) is 14.0. The third-order valence-corrected chi connectivity index (χ3v) is 4.82. The molecule has 126 valence electrons. The first-order chi connectivity index (χ1) is 12.2. The predicted octanol–water partition coefficient (Wildman–Crippen LogP) is 4.01. The first kappa shape index (κ1) is 15.7. The maximum absolute atomic E-state index is 5.15. The molecule has 0 saturated carbocycles. The Labute approximate surface area is 149 Å². The fraction of sp³-hybridized carbons (Fsp3) is 0.222. The fourth-order valence-corrected chi connectivity index (χ4v) is 3.60. The van der Waals surface area contributed by atoms with Gasteiger partial charge in [0.1, 0.15) is 17.0 Å². The summed E-state index contributed by atoms with van der Waals surface area (Å²) in [5.41, 5.74) is 3.56. The summed E-state index contributed by atoms with van der Waals surface area (Å²) >= 11 is 1.63. The summed E-state index contributed by atoms with van der Waals surface area (Å²) in [7, 11) is 0. The van der Waals surface area contributed by atoms with Crippen LogP contribution in [0.4, 0.5) is 5.82 Å². The minimum absolute atomic E-state index is 0.624. The van der Waals surface area contributed by atoms with E-state index in [2.05, 4.69) is 62.0 Å². The van der Waals surface area contributed by atoms with E-state index in [1.54, 1.807) is 17.7 Å². The van der Waals surface area contributed by atoms with Crippen LogP contribution in [0.15, 0.2) is 40.5 Å². The highest BCUT2D eigenvalue weighted by Gasteiger charge is 2.13. The first-order valence-electron chi connectivity index (χ1n) is 8.03. The van der Waals surface area contributed by atoms with Crippen molar-refractivity contribution in [1.29, 1.82) is 0 Å². The van der Waals surface area contributed by atoms with Crippen LogP contribution < -0.4 is 5.32 Å². The summed E-state index contributed by atoms with van der Waals surface area (Å²) in [5.74, 6) is 2.11. The van der Waals surface area contributed by atoms with Crippen molar-refractivity contribution in [2.75, 3.05) is 11.9 Å². The van der Waals surface area contributed by atoms with Gasteiger partial charge in [0.2, 0.25) is 5.89 Å². The number of hydrogen-bond donors (Lipinski definition) is 1. The number of hydrogen-bond acceptors (Lipinski definition) is 7. The molecule has 1 aromatic carbocycles. The van der Waals surface area contributed by atoms with Crippen LogP contribution in [0.25, 0.3) is 21.3 Å². The van der Waals surface area contributed by atoms with Crippen LogP contribution in [-0.2, 0) is 6.42 Å². The third kappa shape index (κ3) is 3.23. The number of rotatable bonds is 5. The summed E-state index contributed by atoms with van der Waals surface area (Å²) < 4.78 is 5.15. The molecule has 0 fully saturated rings. The molecule has 3 aromatic heterocycles.